The fourth-order valence-corrected chi connectivity index (χ4v) is 3.56. The fourth-order valence-electron chi connectivity index (χ4n) is 2.47. The van der Waals surface area contributed by atoms with E-state index in [4.69, 9.17) is 9.47 Å². The number of hydrogen-bond donors (Lipinski definition) is 1. The zero-order valence-corrected chi connectivity index (χ0v) is 15.3. The molecule has 1 N–H and O–H groups in total. The van der Waals surface area contributed by atoms with Crippen LogP contribution in [-0.4, -0.2) is 41.1 Å². The van der Waals surface area contributed by atoms with Crippen LogP contribution in [0.1, 0.15) is 34.1 Å². The lowest BCUT2D eigenvalue weighted by atomic mass is 10.2. The Bertz CT molecular complexity index is 756. The smallest absolute Gasteiger partial charge is 0.338 e. The topological polar surface area (TPSA) is 77.5 Å². The van der Waals surface area contributed by atoms with Crippen molar-refractivity contribution in [2.45, 2.75) is 19.4 Å². The summed E-state index contributed by atoms with van der Waals surface area (Å²) in [5.74, 6) is 1.97. The maximum atomic E-state index is 12.3. The lowest BCUT2D eigenvalue weighted by molar-refractivity contribution is 0.0526. The molecule has 0 spiro atoms. The van der Waals surface area contributed by atoms with Crippen molar-refractivity contribution < 1.29 is 19.1 Å². The molecule has 6 nitrogen and oxygen atoms in total. The van der Waals surface area contributed by atoms with Gasteiger partial charge in [-0.15, -0.1) is 0 Å². The number of carbonyl (C=O) groups is 2. The molecule has 1 aliphatic heterocycles. The third-order valence-electron chi connectivity index (χ3n) is 3.83. The number of esters is 1. The summed E-state index contributed by atoms with van der Waals surface area (Å²) in [6, 6.07) is 9.94. The minimum Gasteiger partial charge on any atom is -0.473 e. The molecule has 0 bridgehead atoms. The number of aromatic nitrogens is 1. The van der Waals surface area contributed by atoms with Gasteiger partial charge in [0.1, 0.15) is 6.10 Å². The quantitative estimate of drug-likeness (QED) is 0.783. The molecule has 2 aromatic rings. The average Bonchev–Trinajstić information content (AvgIpc) is 3.16. The fraction of sp³-hybridized carbons (Fsp3) is 0.316. The van der Waals surface area contributed by atoms with Crippen LogP contribution in [0.15, 0.2) is 42.6 Å². The Morgan fingerprint density at radius 2 is 1.96 bits per heavy atom. The Morgan fingerprint density at radius 1 is 1.19 bits per heavy atom. The van der Waals surface area contributed by atoms with Crippen molar-refractivity contribution in [1.29, 1.82) is 0 Å². The normalized spacial score (nSPS) is 16.1. The molecule has 1 aromatic heterocycles. The molecule has 136 valence electrons. The second-order valence-electron chi connectivity index (χ2n) is 5.74. The van der Waals surface area contributed by atoms with Crippen LogP contribution in [0.2, 0.25) is 0 Å². The van der Waals surface area contributed by atoms with Crippen molar-refractivity contribution in [3.05, 3.63) is 53.7 Å². The molecule has 1 amide bonds. The van der Waals surface area contributed by atoms with Gasteiger partial charge in [-0.3, -0.25) is 4.79 Å². The summed E-state index contributed by atoms with van der Waals surface area (Å²) >= 11 is 1.87. The molecule has 7 heteroatoms. The van der Waals surface area contributed by atoms with E-state index >= 15 is 0 Å². The lowest BCUT2D eigenvalue weighted by Gasteiger charge is -2.11. The predicted molar refractivity (Wildman–Crippen MR) is 101 cm³/mol. The van der Waals surface area contributed by atoms with Gasteiger partial charge < -0.3 is 14.8 Å². The number of benzene rings is 1. The van der Waals surface area contributed by atoms with Gasteiger partial charge in [0.25, 0.3) is 5.91 Å². The number of ether oxygens (including phenoxy) is 2. The summed E-state index contributed by atoms with van der Waals surface area (Å²) in [4.78, 5) is 28.1. The van der Waals surface area contributed by atoms with E-state index in [0.29, 0.717) is 29.3 Å². The lowest BCUT2D eigenvalue weighted by Crippen LogP contribution is -2.16. The van der Waals surface area contributed by atoms with E-state index in [1.165, 1.54) is 6.20 Å². The van der Waals surface area contributed by atoms with Crippen molar-refractivity contribution in [2.75, 3.05) is 23.4 Å². The van der Waals surface area contributed by atoms with Gasteiger partial charge in [0.2, 0.25) is 5.88 Å². The average molecular weight is 372 g/mol. The van der Waals surface area contributed by atoms with E-state index in [-0.39, 0.29) is 18.0 Å². The second kappa shape index (κ2) is 8.71. The number of thioether (sulfide) groups is 1. The van der Waals surface area contributed by atoms with Gasteiger partial charge in [0.05, 0.1) is 17.7 Å². The third-order valence-corrected chi connectivity index (χ3v) is 4.96. The van der Waals surface area contributed by atoms with Gasteiger partial charge in [0, 0.05) is 23.7 Å². The maximum Gasteiger partial charge on any atom is 0.338 e. The molecule has 1 aliphatic rings. The molecule has 3 rings (SSSR count). The Hall–Kier alpha value is -2.54. The van der Waals surface area contributed by atoms with E-state index in [2.05, 4.69) is 10.3 Å². The van der Waals surface area contributed by atoms with Gasteiger partial charge in [0.15, 0.2) is 0 Å². The third kappa shape index (κ3) is 4.76. The molecule has 0 aliphatic carbocycles. The zero-order valence-electron chi connectivity index (χ0n) is 14.4. The van der Waals surface area contributed by atoms with E-state index < -0.39 is 0 Å². The molecule has 1 fully saturated rings. The van der Waals surface area contributed by atoms with Crippen LogP contribution in [-0.2, 0) is 4.74 Å². The predicted octanol–water partition coefficient (Wildman–Crippen LogP) is 3.39. The molecule has 1 aromatic carbocycles. The first-order valence-corrected chi connectivity index (χ1v) is 9.60. The number of rotatable bonds is 6. The van der Waals surface area contributed by atoms with Crippen LogP contribution >= 0.6 is 11.8 Å². The molecular formula is C19H20N2O4S. The molecule has 26 heavy (non-hydrogen) atoms. The minimum atomic E-state index is -0.383. The van der Waals surface area contributed by atoms with E-state index in [9.17, 15) is 9.59 Å². The largest absolute Gasteiger partial charge is 0.473 e. The van der Waals surface area contributed by atoms with Crippen molar-refractivity contribution in [1.82, 2.24) is 4.98 Å². The number of pyridine rings is 1. The Labute approximate surface area is 156 Å². The van der Waals surface area contributed by atoms with Crippen LogP contribution in [0.3, 0.4) is 0 Å². The molecule has 0 saturated carbocycles. The van der Waals surface area contributed by atoms with E-state index in [0.717, 1.165) is 17.9 Å². The van der Waals surface area contributed by atoms with Gasteiger partial charge >= 0.3 is 5.97 Å². The molecule has 1 unspecified atom stereocenters. The molecule has 1 atom stereocenters. The standard InChI is InChI=1S/C19H20N2O4S/c1-2-24-19(23)13-3-6-15(7-4-13)21-18(22)14-5-8-17(20-11-14)25-16-9-10-26-12-16/h3-8,11,16H,2,9-10,12H2,1H3,(H,21,22). The SMILES string of the molecule is CCOC(=O)c1ccc(NC(=O)c2ccc(OC3CCSC3)nc2)cc1. The van der Waals surface area contributed by atoms with Crippen molar-refractivity contribution in [3.8, 4) is 5.88 Å². The van der Waals surface area contributed by atoms with Gasteiger partial charge in [-0.1, -0.05) is 0 Å². The zero-order chi connectivity index (χ0) is 18.4. The molecule has 0 radical (unpaired) electrons. The van der Waals surface area contributed by atoms with Crippen LogP contribution in [0.5, 0.6) is 5.88 Å². The summed E-state index contributed by atoms with van der Waals surface area (Å²) in [5, 5.41) is 2.77. The maximum absolute atomic E-state index is 12.3. The Kier molecular flexibility index (Phi) is 6.12. The first-order chi connectivity index (χ1) is 12.7. The van der Waals surface area contributed by atoms with Crippen LogP contribution in [0, 0.1) is 0 Å². The summed E-state index contributed by atoms with van der Waals surface area (Å²) in [6.45, 7) is 2.08. The van der Waals surface area contributed by atoms with Gasteiger partial charge in [-0.2, -0.15) is 11.8 Å². The van der Waals surface area contributed by atoms with Crippen LogP contribution in [0.25, 0.3) is 0 Å². The number of amides is 1. The van der Waals surface area contributed by atoms with Crippen molar-refractivity contribution in [2.24, 2.45) is 0 Å². The van der Waals surface area contributed by atoms with Crippen LogP contribution < -0.4 is 10.1 Å². The van der Waals surface area contributed by atoms with Gasteiger partial charge in [-0.25, -0.2) is 9.78 Å². The minimum absolute atomic E-state index is 0.199. The number of hydrogen-bond acceptors (Lipinski definition) is 6. The summed E-state index contributed by atoms with van der Waals surface area (Å²) in [5.41, 5.74) is 1.47. The first kappa shape index (κ1) is 18.3. The molecule has 1 saturated heterocycles. The highest BCUT2D eigenvalue weighted by atomic mass is 32.2. The van der Waals surface area contributed by atoms with Crippen molar-refractivity contribution in [3.63, 3.8) is 0 Å². The highest BCUT2D eigenvalue weighted by Gasteiger charge is 2.17. The summed E-state index contributed by atoms with van der Waals surface area (Å²) in [6.07, 6.45) is 2.72. The first-order valence-electron chi connectivity index (χ1n) is 8.44. The van der Waals surface area contributed by atoms with E-state index in [1.54, 1.807) is 43.3 Å². The second-order valence-corrected chi connectivity index (χ2v) is 6.89. The molecule has 2 heterocycles. The van der Waals surface area contributed by atoms with Gasteiger partial charge in [-0.05, 0) is 49.4 Å². The Balaban J connectivity index is 1.58. The Morgan fingerprint density at radius 3 is 2.58 bits per heavy atom. The number of nitrogens with one attached hydrogen (secondary N) is 1. The number of carbonyl (C=O) groups excluding carboxylic acids is 2. The highest BCUT2D eigenvalue weighted by molar-refractivity contribution is 7.99. The van der Waals surface area contributed by atoms with Crippen LogP contribution in [0.4, 0.5) is 5.69 Å². The molecular weight excluding hydrogens is 352 g/mol. The highest BCUT2D eigenvalue weighted by Crippen LogP contribution is 2.22. The van der Waals surface area contributed by atoms with Crippen molar-refractivity contribution >= 4 is 29.3 Å². The van der Waals surface area contributed by atoms with E-state index in [1.807, 2.05) is 11.8 Å². The monoisotopic (exact) mass is 372 g/mol. The summed E-state index contributed by atoms with van der Waals surface area (Å²) in [7, 11) is 0. The summed E-state index contributed by atoms with van der Waals surface area (Å²) < 4.78 is 10.7. The number of anilines is 1. The number of nitrogens with zero attached hydrogens (tertiary/aromatic N) is 1.